The van der Waals surface area contributed by atoms with Crippen LogP contribution in [0.25, 0.3) is 0 Å². The molecule has 0 aromatic heterocycles. The SMILES string of the molecule is CCCCCCCCCCCCCCc1ccc(O)c(C(C)(C)C)c1. The zero-order valence-corrected chi connectivity index (χ0v) is 17.4. The molecule has 0 aliphatic carbocycles. The smallest absolute Gasteiger partial charge is 0.119 e. The van der Waals surface area contributed by atoms with Gasteiger partial charge in [0.2, 0.25) is 0 Å². The van der Waals surface area contributed by atoms with E-state index in [-0.39, 0.29) is 5.41 Å². The van der Waals surface area contributed by atoms with Gasteiger partial charge in [0.1, 0.15) is 5.75 Å². The van der Waals surface area contributed by atoms with Crippen LogP contribution in [0.15, 0.2) is 18.2 Å². The number of aryl methyl sites for hydroxylation is 1. The van der Waals surface area contributed by atoms with Crippen molar-refractivity contribution in [1.29, 1.82) is 0 Å². The Hall–Kier alpha value is -0.980. The standard InChI is InChI=1S/C24H42O/c1-5-6-7-8-9-10-11-12-13-14-15-16-17-21-18-19-23(25)22(20-21)24(2,3)4/h18-20,25H,5-17H2,1-4H3. The summed E-state index contributed by atoms with van der Waals surface area (Å²) >= 11 is 0. The number of hydrogen-bond acceptors (Lipinski definition) is 1. The number of phenols is 1. The van der Waals surface area contributed by atoms with E-state index < -0.39 is 0 Å². The molecule has 0 unspecified atom stereocenters. The number of phenolic OH excluding ortho intramolecular Hbond substituents is 1. The maximum absolute atomic E-state index is 10.0. The second kappa shape index (κ2) is 12.4. The van der Waals surface area contributed by atoms with Gasteiger partial charge in [-0.15, -0.1) is 0 Å². The van der Waals surface area contributed by atoms with E-state index in [0.717, 1.165) is 12.0 Å². The van der Waals surface area contributed by atoms with E-state index in [4.69, 9.17) is 0 Å². The highest BCUT2D eigenvalue weighted by molar-refractivity contribution is 5.40. The van der Waals surface area contributed by atoms with Gasteiger partial charge in [0.15, 0.2) is 0 Å². The van der Waals surface area contributed by atoms with Crippen LogP contribution in [0.1, 0.15) is 116 Å². The summed E-state index contributed by atoms with van der Waals surface area (Å²) in [5.41, 5.74) is 2.45. The predicted octanol–water partition coefficient (Wildman–Crippen LogP) is 7.93. The van der Waals surface area contributed by atoms with E-state index in [2.05, 4.69) is 39.8 Å². The summed E-state index contributed by atoms with van der Waals surface area (Å²) in [5, 5.41) is 10.0. The normalized spacial score (nSPS) is 11.8. The van der Waals surface area contributed by atoms with Crippen LogP contribution in [0.2, 0.25) is 0 Å². The zero-order chi connectivity index (χ0) is 18.5. The fraction of sp³-hybridized carbons (Fsp3) is 0.750. The van der Waals surface area contributed by atoms with E-state index in [9.17, 15) is 5.11 Å². The first-order chi connectivity index (χ1) is 11.9. The van der Waals surface area contributed by atoms with Crippen LogP contribution in [-0.2, 0) is 11.8 Å². The lowest BCUT2D eigenvalue weighted by Gasteiger charge is -2.21. The van der Waals surface area contributed by atoms with E-state index in [0.29, 0.717) is 5.75 Å². The minimum Gasteiger partial charge on any atom is -0.508 e. The third-order valence-corrected chi connectivity index (χ3v) is 5.19. The van der Waals surface area contributed by atoms with Crippen LogP contribution in [-0.4, -0.2) is 5.11 Å². The second-order valence-electron chi connectivity index (χ2n) is 8.74. The monoisotopic (exact) mass is 346 g/mol. The van der Waals surface area contributed by atoms with Crippen molar-refractivity contribution in [1.82, 2.24) is 0 Å². The highest BCUT2D eigenvalue weighted by Crippen LogP contribution is 2.31. The van der Waals surface area contributed by atoms with Crippen molar-refractivity contribution < 1.29 is 5.11 Å². The Morgan fingerprint density at radius 1 is 0.720 bits per heavy atom. The maximum atomic E-state index is 10.0. The molecule has 1 nitrogen and oxygen atoms in total. The molecule has 25 heavy (non-hydrogen) atoms. The first-order valence-corrected chi connectivity index (χ1v) is 10.8. The van der Waals surface area contributed by atoms with E-state index in [1.54, 1.807) is 0 Å². The Morgan fingerprint density at radius 3 is 1.68 bits per heavy atom. The fourth-order valence-electron chi connectivity index (χ4n) is 3.51. The highest BCUT2D eigenvalue weighted by atomic mass is 16.3. The number of hydrogen-bond donors (Lipinski definition) is 1. The molecule has 0 amide bonds. The van der Waals surface area contributed by atoms with Gasteiger partial charge in [-0.2, -0.15) is 0 Å². The Labute approximate surface area is 157 Å². The average molecular weight is 347 g/mol. The number of aromatic hydroxyl groups is 1. The van der Waals surface area contributed by atoms with Crippen LogP contribution in [0.5, 0.6) is 5.75 Å². The summed E-state index contributed by atoms with van der Waals surface area (Å²) in [6, 6.07) is 6.16. The van der Waals surface area contributed by atoms with Gasteiger partial charge in [-0.25, -0.2) is 0 Å². The van der Waals surface area contributed by atoms with Crippen molar-refractivity contribution in [2.24, 2.45) is 0 Å². The molecule has 0 aliphatic rings. The molecule has 0 bridgehead atoms. The molecule has 144 valence electrons. The summed E-state index contributed by atoms with van der Waals surface area (Å²) in [4.78, 5) is 0. The quantitative estimate of drug-likeness (QED) is 0.359. The predicted molar refractivity (Wildman–Crippen MR) is 112 cm³/mol. The van der Waals surface area contributed by atoms with E-state index in [1.165, 1.54) is 82.6 Å². The third kappa shape index (κ3) is 9.92. The molecule has 0 aliphatic heterocycles. The van der Waals surface area contributed by atoms with Gasteiger partial charge < -0.3 is 5.11 Å². The Balaban J connectivity index is 2.07. The summed E-state index contributed by atoms with van der Waals surface area (Å²) < 4.78 is 0. The fourth-order valence-corrected chi connectivity index (χ4v) is 3.51. The molecule has 0 radical (unpaired) electrons. The van der Waals surface area contributed by atoms with Crippen molar-refractivity contribution in [3.8, 4) is 5.75 Å². The van der Waals surface area contributed by atoms with Crippen LogP contribution in [0, 0.1) is 0 Å². The van der Waals surface area contributed by atoms with Gasteiger partial charge in [0, 0.05) is 0 Å². The molecule has 1 aromatic rings. The Morgan fingerprint density at radius 2 is 1.20 bits per heavy atom. The summed E-state index contributed by atoms with van der Waals surface area (Å²) in [6.45, 7) is 8.77. The molecule has 0 atom stereocenters. The summed E-state index contributed by atoms with van der Waals surface area (Å²) in [5.74, 6) is 0.436. The first kappa shape index (κ1) is 22.1. The number of rotatable bonds is 13. The van der Waals surface area contributed by atoms with Crippen LogP contribution >= 0.6 is 0 Å². The topological polar surface area (TPSA) is 20.2 Å². The lowest BCUT2D eigenvalue weighted by Crippen LogP contribution is -2.11. The Bertz CT molecular complexity index is 456. The molecular formula is C24H42O. The van der Waals surface area contributed by atoms with E-state index >= 15 is 0 Å². The van der Waals surface area contributed by atoms with Crippen LogP contribution in [0.4, 0.5) is 0 Å². The molecular weight excluding hydrogens is 304 g/mol. The van der Waals surface area contributed by atoms with Gasteiger partial charge in [0.05, 0.1) is 0 Å². The average Bonchev–Trinajstić information content (AvgIpc) is 2.56. The van der Waals surface area contributed by atoms with Gasteiger partial charge in [-0.05, 0) is 35.4 Å². The molecule has 1 heteroatoms. The number of unbranched alkanes of at least 4 members (excludes halogenated alkanes) is 11. The van der Waals surface area contributed by atoms with Crippen LogP contribution < -0.4 is 0 Å². The van der Waals surface area contributed by atoms with Gasteiger partial charge >= 0.3 is 0 Å². The largest absolute Gasteiger partial charge is 0.508 e. The van der Waals surface area contributed by atoms with Crippen molar-refractivity contribution in [3.05, 3.63) is 29.3 Å². The molecule has 1 aromatic carbocycles. The second-order valence-corrected chi connectivity index (χ2v) is 8.74. The van der Waals surface area contributed by atoms with Gasteiger partial charge in [-0.3, -0.25) is 0 Å². The molecule has 0 saturated heterocycles. The molecule has 0 saturated carbocycles. The zero-order valence-electron chi connectivity index (χ0n) is 17.4. The summed E-state index contributed by atoms with van der Waals surface area (Å²) in [7, 11) is 0. The number of benzene rings is 1. The van der Waals surface area contributed by atoms with Crippen molar-refractivity contribution in [3.63, 3.8) is 0 Å². The van der Waals surface area contributed by atoms with Crippen molar-refractivity contribution >= 4 is 0 Å². The minimum absolute atomic E-state index is 0.0105. The maximum Gasteiger partial charge on any atom is 0.119 e. The lowest BCUT2D eigenvalue weighted by atomic mass is 9.85. The summed E-state index contributed by atoms with van der Waals surface area (Å²) in [6.07, 6.45) is 17.9. The third-order valence-electron chi connectivity index (χ3n) is 5.19. The van der Waals surface area contributed by atoms with Crippen LogP contribution in [0.3, 0.4) is 0 Å². The molecule has 0 heterocycles. The molecule has 0 spiro atoms. The Kier molecular flexibility index (Phi) is 10.9. The van der Waals surface area contributed by atoms with Gasteiger partial charge in [0.25, 0.3) is 0 Å². The molecule has 1 N–H and O–H groups in total. The lowest BCUT2D eigenvalue weighted by molar-refractivity contribution is 0.446. The van der Waals surface area contributed by atoms with Gasteiger partial charge in [-0.1, -0.05) is 110 Å². The van der Waals surface area contributed by atoms with Crippen molar-refractivity contribution in [2.45, 2.75) is 117 Å². The van der Waals surface area contributed by atoms with Crippen molar-refractivity contribution in [2.75, 3.05) is 0 Å². The first-order valence-electron chi connectivity index (χ1n) is 10.8. The highest BCUT2D eigenvalue weighted by Gasteiger charge is 2.18. The minimum atomic E-state index is 0.0105. The molecule has 1 rings (SSSR count). The molecule has 0 fully saturated rings. The van der Waals surface area contributed by atoms with E-state index in [1.807, 2.05) is 6.07 Å².